The number of hydrogen-bond donors (Lipinski definition) is 4. The lowest BCUT2D eigenvalue weighted by atomic mass is 9.91. The molecule has 2 atom stereocenters. The number of aromatic hydroxyl groups is 1. The van der Waals surface area contributed by atoms with Gasteiger partial charge >= 0.3 is 0 Å². The predicted molar refractivity (Wildman–Crippen MR) is 94.9 cm³/mol. The van der Waals surface area contributed by atoms with Gasteiger partial charge in [-0.15, -0.1) is 0 Å². The Hall–Kier alpha value is -2.12. The first-order chi connectivity index (χ1) is 11.6. The van der Waals surface area contributed by atoms with Crippen molar-refractivity contribution in [2.24, 2.45) is 5.73 Å². The molecule has 1 fully saturated rings. The van der Waals surface area contributed by atoms with E-state index in [1.165, 1.54) is 17.5 Å². The number of nitrogens with zero attached hydrogens (tertiary/aromatic N) is 1. The van der Waals surface area contributed by atoms with Crippen LogP contribution in [0.15, 0.2) is 23.0 Å². The van der Waals surface area contributed by atoms with Gasteiger partial charge in [0, 0.05) is 34.6 Å². The van der Waals surface area contributed by atoms with E-state index in [-0.39, 0.29) is 23.8 Å². The molecule has 5 nitrogen and oxygen atoms in total. The SMILES string of the molecule is N[C@H]1CCCC[C@H]1Nc1nc(-c2ccsc2)c2c(O)[nH]cc2c1F. The first-order valence-corrected chi connectivity index (χ1v) is 9.03. The average molecular weight is 346 g/mol. The zero-order valence-electron chi connectivity index (χ0n) is 13.1. The Labute approximate surface area is 142 Å². The second kappa shape index (κ2) is 6.07. The normalized spacial score (nSPS) is 21.2. The molecule has 7 heteroatoms. The number of thiophene rings is 1. The second-order valence-electron chi connectivity index (χ2n) is 6.26. The van der Waals surface area contributed by atoms with Crippen LogP contribution >= 0.6 is 11.3 Å². The molecule has 5 N–H and O–H groups in total. The molecule has 1 saturated carbocycles. The molecule has 126 valence electrons. The van der Waals surface area contributed by atoms with Crippen LogP contribution in [-0.4, -0.2) is 27.2 Å². The molecule has 0 radical (unpaired) electrons. The molecule has 4 rings (SSSR count). The number of nitrogens with two attached hydrogens (primary N) is 1. The number of aromatic amines is 1. The molecule has 1 aliphatic carbocycles. The Bertz CT molecular complexity index is 861. The first kappa shape index (κ1) is 15.4. The van der Waals surface area contributed by atoms with Crippen LogP contribution in [0.25, 0.3) is 22.0 Å². The third-order valence-corrected chi connectivity index (χ3v) is 5.38. The monoisotopic (exact) mass is 346 g/mol. The highest BCUT2D eigenvalue weighted by Crippen LogP contribution is 2.38. The van der Waals surface area contributed by atoms with Crippen LogP contribution in [0.4, 0.5) is 10.2 Å². The van der Waals surface area contributed by atoms with Crippen LogP contribution in [0.2, 0.25) is 0 Å². The summed E-state index contributed by atoms with van der Waals surface area (Å²) in [5.74, 6) is -0.332. The first-order valence-electron chi connectivity index (χ1n) is 8.09. The maximum Gasteiger partial charge on any atom is 0.198 e. The zero-order valence-corrected chi connectivity index (χ0v) is 13.9. The smallest absolute Gasteiger partial charge is 0.198 e. The standard InChI is InChI=1S/C17H19FN4OS/c18-14-10-7-20-17(23)13(10)15(9-5-6-24-8-9)22-16(14)21-12-4-2-1-3-11(12)19/h5-8,11-12,20-21,23H,1-4,19H2/t11-,12+/m0/s1. The number of aromatic nitrogens is 2. The second-order valence-corrected chi connectivity index (χ2v) is 7.04. The summed E-state index contributed by atoms with van der Waals surface area (Å²) in [6.45, 7) is 0. The van der Waals surface area contributed by atoms with Crippen LogP contribution in [0, 0.1) is 5.82 Å². The third-order valence-electron chi connectivity index (χ3n) is 4.70. The number of halogens is 1. The van der Waals surface area contributed by atoms with Crippen LogP contribution in [0.1, 0.15) is 25.7 Å². The van der Waals surface area contributed by atoms with Crippen molar-refractivity contribution >= 4 is 27.9 Å². The third kappa shape index (κ3) is 2.53. The molecule has 24 heavy (non-hydrogen) atoms. The van der Waals surface area contributed by atoms with Gasteiger partial charge in [-0.25, -0.2) is 9.37 Å². The number of H-pyrrole nitrogens is 1. The minimum atomic E-state index is -0.460. The highest BCUT2D eigenvalue weighted by Gasteiger charge is 2.25. The van der Waals surface area contributed by atoms with Crippen LogP contribution in [0.5, 0.6) is 5.88 Å². The van der Waals surface area contributed by atoms with E-state index in [1.807, 2.05) is 16.8 Å². The quantitative estimate of drug-likeness (QED) is 0.581. The molecule has 1 aliphatic rings. The number of hydrogen-bond acceptors (Lipinski definition) is 5. The van der Waals surface area contributed by atoms with Crippen molar-refractivity contribution in [3.63, 3.8) is 0 Å². The van der Waals surface area contributed by atoms with Gasteiger partial charge in [-0.1, -0.05) is 12.8 Å². The predicted octanol–water partition coefficient (Wildman–Crippen LogP) is 3.82. The van der Waals surface area contributed by atoms with Crippen LogP contribution < -0.4 is 11.1 Å². The van der Waals surface area contributed by atoms with Gasteiger partial charge in [-0.2, -0.15) is 11.3 Å². The molecular weight excluding hydrogens is 327 g/mol. The fourth-order valence-corrected chi connectivity index (χ4v) is 4.03. The number of rotatable bonds is 3. The van der Waals surface area contributed by atoms with E-state index in [0.717, 1.165) is 31.2 Å². The number of nitrogens with one attached hydrogen (secondary N) is 2. The lowest BCUT2D eigenvalue weighted by Gasteiger charge is -2.30. The molecule has 0 saturated heterocycles. The summed E-state index contributed by atoms with van der Waals surface area (Å²) in [7, 11) is 0. The van der Waals surface area contributed by atoms with Crippen molar-refractivity contribution in [3.8, 4) is 17.1 Å². The largest absolute Gasteiger partial charge is 0.494 e. The van der Waals surface area contributed by atoms with Gasteiger partial charge in [0.2, 0.25) is 0 Å². The molecule has 0 amide bonds. The van der Waals surface area contributed by atoms with Crippen molar-refractivity contribution < 1.29 is 9.50 Å². The molecule has 0 unspecified atom stereocenters. The maximum atomic E-state index is 14.9. The van der Waals surface area contributed by atoms with Crippen LogP contribution in [0.3, 0.4) is 0 Å². The highest BCUT2D eigenvalue weighted by molar-refractivity contribution is 7.08. The minimum Gasteiger partial charge on any atom is -0.494 e. The summed E-state index contributed by atoms with van der Waals surface area (Å²) in [6, 6.07) is 1.92. The molecule has 0 aromatic carbocycles. The molecule has 0 aliphatic heterocycles. The highest BCUT2D eigenvalue weighted by atomic mass is 32.1. The maximum absolute atomic E-state index is 14.9. The number of fused-ring (bicyclic) bond motifs is 1. The molecule has 3 aromatic heterocycles. The molecule has 0 bridgehead atoms. The van der Waals surface area contributed by atoms with E-state index in [0.29, 0.717) is 16.5 Å². The Morgan fingerprint density at radius 2 is 2.21 bits per heavy atom. The van der Waals surface area contributed by atoms with Gasteiger partial charge < -0.3 is 21.1 Å². The summed E-state index contributed by atoms with van der Waals surface area (Å²) in [4.78, 5) is 7.18. The Balaban J connectivity index is 1.82. The van der Waals surface area contributed by atoms with E-state index in [4.69, 9.17) is 5.73 Å². The van der Waals surface area contributed by atoms with Gasteiger partial charge in [0.25, 0.3) is 0 Å². The average Bonchev–Trinajstić information content (AvgIpc) is 3.23. The topological polar surface area (TPSA) is 87.0 Å². The lowest BCUT2D eigenvalue weighted by Crippen LogP contribution is -2.43. The Kier molecular flexibility index (Phi) is 3.90. The molecular formula is C17H19FN4OS. The Morgan fingerprint density at radius 1 is 1.38 bits per heavy atom. The van der Waals surface area contributed by atoms with Crippen molar-refractivity contribution in [3.05, 3.63) is 28.8 Å². The van der Waals surface area contributed by atoms with Gasteiger partial charge in [0.15, 0.2) is 17.5 Å². The number of pyridine rings is 1. The van der Waals surface area contributed by atoms with E-state index in [9.17, 15) is 9.50 Å². The summed E-state index contributed by atoms with van der Waals surface area (Å²) in [6.07, 6.45) is 5.51. The van der Waals surface area contributed by atoms with Crippen molar-refractivity contribution in [1.29, 1.82) is 0 Å². The van der Waals surface area contributed by atoms with E-state index < -0.39 is 5.82 Å². The van der Waals surface area contributed by atoms with Crippen molar-refractivity contribution in [2.45, 2.75) is 37.8 Å². The lowest BCUT2D eigenvalue weighted by molar-refractivity contribution is 0.402. The van der Waals surface area contributed by atoms with Gasteiger partial charge in [-0.3, -0.25) is 0 Å². The molecule has 3 aromatic rings. The summed E-state index contributed by atoms with van der Waals surface area (Å²) < 4.78 is 14.9. The van der Waals surface area contributed by atoms with Crippen LogP contribution in [-0.2, 0) is 0 Å². The zero-order chi connectivity index (χ0) is 16.7. The minimum absolute atomic E-state index is 0.000119. The fraction of sp³-hybridized carbons (Fsp3) is 0.353. The summed E-state index contributed by atoms with van der Waals surface area (Å²) >= 11 is 1.53. The molecule has 3 heterocycles. The summed E-state index contributed by atoms with van der Waals surface area (Å²) in [5, 5.41) is 17.9. The van der Waals surface area contributed by atoms with Gasteiger partial charge in [0.05, 0.1) is 11.1 Å². The summed E-state index contributed by atoms with van der Waals surface area (Å²) in [5.41, 5.74) is 7.59. The number of anilines is 1. The van der Waals surface area contributed by atoms with E-state index in [2.05, 4.69) is 15.3 Å². The van der Waals surface area contributed by atoms with Crippen molar-refractivity contribution in [1.82, 2.24) is 9.97 Å². The van der Waals surface area contributed by atoms with Gasteiger partial charge in [0.1, 0.15) is 0 Å². The van der Waals surface area contributed by atoms with E-state index >= 15 is 0 Å². The fourth-order valence-electron chi connectivity index (χ4n) is 3.39. The van der Waals surface area contributed by atoms with Crippen molar-refractivity contribution in [2.75, 3.05) is 5.32 Å². The Morgan fingerprint density at radius 3 is 2.96 bits per heavy atom. The van der Waals surface area contributed by atoms with E-state index in [1.54, 1.807) is 0 Å². The van der Waals surface area contributed by atoms with Gasteiger partial charge in [-0.05, 0) is 24.3 Å². The molecule has 0 spiro atoms.